The zero-order valence-corrected chi connectivity index (χ0v) is 17.1. The maximum absolute atomic E-state index is 12.8. The largest absolute Gasteiger partial charge is 0.485 e. The first-order chi connectivity index (χ1) is 14.9. The van der Waals surface area contributed by atoms with Crippen LogP contribution in [-0.2, 0) is 0 Å². The number of nitrogens with zero attached hydrogens (tertiary/aromatic N) is 1. The van der Waals surface area contributed by atoms with Crippen LogP contribution in [0, 0.1) is 0 Å². The molecule has 1 fully saturated rings. The van der Waals surface area contributed by atoms with E-state index in [1.807, 2.05) is 0 Å². The van der Waals surface area contributed by atoms with Crippen LogP contribution in [0.25, 0.3) is 21.7 Å². The summed E-state index contributed by atoms with van der Waals surface area (Å²) in [5.74, 6) is -0.773. The van der Waals surface area contributed by atoms with E-state index in [2.05, 4.69) is 4.98 Å². The molecule has 1 aliphatic rings. The van der Waals surface area contributed by atoms with E-state index < -0.39 is 5.91 Å². The minimum Gasteiger partial charge on any atom is -0.485 e. The highest BCUT2D eigenvalue weighted by molar-refractivity contribution is 6.31. The summed E-state index contributed by atoms with van der Waals surface area (Å²) in [6.45, 7) is -0.308. The molecule has 2 aromatic carbocycles. The molecule has 1 aliphatic carbocycles. The number of rotatable bonds is 6. The second-order valence-electron chi connectivity index (χ2n) is 7.67. The van der Waals surface area contributed by atoms with E-state index in [0.717, 1.165) is 23.6 Å². The lowest BCUT2D eigenvalue weighted by atomic mass is 10.1. The number of hydrogen-bond donors (Lipinski definition) is 2. The Morgan fingerprint density at radius 3 is 2.68 bits per heavy atom. The van der Waals surface area contributed by atoms with Gasteiger partial charge in [-0.1, -0.05) is 17.7 Å². The second-order valence-corrected chi connectivity index (χ2v) is 8.10. The molecule has 3 N–H and O–H groups in total. The number of ether oxygens (including phenoxy) is 1. The lowest BCUT2D eigenvalue weighted by Crippen LogP contribution is -2.19. The van der Waals surface area contributed by atoms with Gasteiger partial charge in [0.05, 0.1) is 5.56 Å². The van der Waals surface area contributed by atoms with Gasteiger partial charge in [-0.3, -0.25) is 14.4 Å². The summed E-state index contributed by atoms with van der Waals surface area (Å²) >= 11 is 6.02. The molecule has 1 amide bonds. The highest BCUT2D eigenvalue weighted by Gasteiger charge is 2.26. The fourth-order valence-corrected chi connectivity index (χ4v) is 3.97. The van der Waals surface area contributed by atoms with E-state index in [4.69, 9.17) is 22.1 Å². The standard InChI is InChI=1S/C23H18ClN3O4/c24-14-2-1-12-9-20(17(22(25)29)8-13(12)7-14)31-11-19(28)18-10-26-21-16(18)5-6-27(23(21)30)15-3-4-15/h1-2,5-10,15,26H,3-4,11H2,(H2,25,29). The van der Waals surface area contributed by atoms with Gasteiger partial charge >= 0.3 is 0 Å². The number of fused-ring (bicyclic) bond motifs is 2. The van der Waals surface area contributed by atoms with Gasteiger partial charge in [-0.15, -0.1) is 0 Å². The summed E-state index contributed by atoms with van der Waals surface area (Å²) in [5.41, 5.74) is 6.29. The molecule has 0 radical (unpaired) electrons. The normalized spacial score (nSPS) is 13.6. The number of carbonyl (C=O) groups is 2. The number of Topliss-reactive ketones (excluding diaryl/α,β-unsaturated/α-hetero) is 1. The van der Waals surface area contributed by atoms with Crippen molar-refractivity contribution < 1.29 is 14.3 Å². The monoisotopic (exact) mass is 435 g/mol. The minimum atomic E-state index is -0.669. The van der Waals surface area contributed by atoms with Gasteiger partial charge in [-0.05, 0) is 53.9 Å². The van der Waals surface area contributed by atoms with Crippen LogP contribution in [-0.4, -0.2) is 27.8 Å². The Kier molecular flexibility index (Phi) is 4.55. The van der Waals surface area contributed by atoms with E-state index in [0.29, 0.717) is 21.5 Å². The molecule has 1 saturated carbocycles. The Morgan fingerprint density at radius 2 is 1.94 bits per heavy atom. The van der Waals surface area contributed by atoms with Gasteiger partial charge in [0.15, 0.2) is 6.61 Å². The molecule has 0 bridgehead atoms. The van der Waals surface area contributed by atoms with Gasteiger partial charge in [-0.2, -0.15) is 0 Å². The van der Waals surface area contributed by atoms with Crippen molar-refractivity contribution in [1.82, 2.24) is 9.55 Å². The minimum absolute atomic E-state index is 0.135. The van der Waals surface area contributed by atoms with Crippen LogP contribution in [0.15, 0.2) is 53.6 Å². The number of carbonyl (C=O) groups excluding carboxylic acids is 2. The molecule has 156 valence electrons. The molecule has 0 atom stereocenters. The summed E-state index contributed by atoms with van der Waals surface area (Å²) in [6, 6.07) is 10.5. The summed E-state index contributed by atoms with van der Waals surface area (Å²) in [6.07, 6.45) is 5.23. The smallest absolute Gasteiger partial charge is 0.275 e. The zero-order valence-electron chi connectivity index (χ0n) is 16.4. The third-order valence-electron chi connectivity index (χ3n) is 5.54. The van der Waals surface area contributed by atoms with Gasteiger partial charge < -0.3 is 20.0 Å². The molecule has 7 nitrogen and oxygen atoms in total. The van der Waals surface area contributed by atoms with Gasteiger partial charge in [0.1, 0.15) is 11.3 Å². The van der Waals surface area contributed by atoms with Gasteiger partial charge in [0, 0.05) is 34.4 Å². The van der Waals surface area contributed by atoms with Gasteiger partial charge in [-0.25, -0.2) is 0 Å². The summed E-state index contributed by atoms with van der Waals surface area (Å²) in [5, 5.41) is 2.62. The lowest BCUT2D eigenvalue weighted by molar-refractivity contribution is 0.0914. The van der Waals surface area contributed by atoms with Gasteiger partial charge in [0.25, 0.3) is 11.5 Å². The van der Waals surface area contributed by atoms with E-state index in [1.165, 1.54) is 6.20 Å². The predicted octanol–water partition coefficient (Wildman–Crippen LogP) is 3.83. The summed E-state index contributed by atoms with van der Waals surface area (Å²) in [4.78, 5) is 40.3. The fraction of sp³-hybridized carbons (Fsp3) is 0.174. The van der Waals surface area contributed by atoms with Crippen molar-refractivity contribution in [2.75, 3.05) is 6.61 Å². The zero-order chi connectivity index (χ0) is 21.7. The number of hydrogen-bond acceptors (Lipinski definition) is 4. The maximum Gasteiger partial charge on any atom is 0.275 e. The third kappa shape index (κ3) is 3.47. The summed E-state index contributed by atoms with van der Waals surface area (Å²) < 4.78 is 7.39. The molecule has 0 spiro atoms. The molecule has 0 saturated heterocycles. The van der Waals surface area contributed by atoms with Crippen molar-refractivity contribution in [3.8, 4) is 5.75 Å². The number of halogens is 1. The molecule has 5 rings (SSSR count). The van der Waals surface area contributed by atoms with Crippen molar-refractivity contribution in [2.24, 2.45) is 5.73 Å². The van der Waals surface area contributed by atoms with Crippen molar-refractivity contribution in [1.29, 1.82) is 0 Å². The molecule has 0 aliphatic heterocycles. The number of primary amides is 1. The number of ketones is 1. The number of nitrogens with two attached hydrogens (primary N) is 1. The van der Waals surface area contributed by atoms with Crippen LogP contribution >= 0.6 is 11.6 Å². The van der Waals surface area contributed by atoms with Crippen molar-refractivity contribution in [3.05, 3.63) is 75.3 Å². The fourth-order valence-electron chi connectivity index (χ4n) is 3.79. The number of H-pyrrole nitrogens is 1. The van der Waals surface area contributed by atoms with Crippen molar-refractivity contribution >= 4 is 45.0 Å². The number of pyridine rings is 1. The number of aromatic amines is 1. The molecular weight excluding hydrogens is 418 g/mol. The van der Waals surface area contributed by atoms with Crippen LogP contribution in [0.5, 0.6) is 5.75 Å². The lowest BCUT2D eigenvalue weighted by Gasteiger charge is -2.11. The third-order valence-corrected chi connectivity index (χ3v) is 5.77. The molecule has 2 heterocycles. The number of benzene rings is 2. The molecule has 0 unspecified atom stereocenters. The average Bonchev–Trinajstić information content (AvgIpc) is 3.49. The Hall–Kier alpha value is -3.58. The first kappa shape index (κ1) is 19.4. The Bertz CT molecular complexity index is 1430. The van der Waals surface area contributed by atoms with E-state index >= 15 is 0 Å². The Balaban J connectivity index is 1.44. The van der Waals surface area contributed by atoms with Crippen LogP contribution < -0.4 is 16.0 Å². The summed E-state index contributed by atoms with van der Waals surface area (Å²) in [7, 11) is 0. The van der Waals surface area contributed by atoms with Crippen LogP contribution in [0.1, 0.15) is 39.6 Å². The number of nitrogens with one attached hydrogen (secondary N) is 1. The first-order valence-electron chi connectivity index (χ1n) is 9.83. The van der Waals surface area contributed by atoms with E-state index in [-0.39, 0.29) is 35.3 Å². The SMILES string of the molecule is NC(=O)c1cc2cc(Cl)ccc2cc1OCC(=O)c1c[nH]c2c(=O)n(C3CC3)ccc12. The second kappa shape index (κ2) is 7.28. The van der Waals surface area contributed by atoms with Crippen molar-refractivity contribution in [3.63, 3.8) is 0 Å². The predicted molar refractivity (Wildman–Crippen MR) is 118 cm³/mol. The highest BCUT2D eigenvalue weighted by Crippen LogP contribution is 2.34. The van der Waals surface area contributed by atoms with Crippen molar-refractivity contribution in [2.45, 2.75) is 18.9 Å². The molecule has 4 aromatic rings. The molecule has 2 aromatic heterocycles. The van der Waals surface area contributed by atoms with Crippen LogP contribution in [0.3, 0.4) is 0 Å². The quantitative estimate of drug-likeness (QED) is 0.449. The molecular formula is C23H18ClN3O4. The number of amides is 1. The van der Waals surface area contributed by atoms with Gasteiger partial charge in [0.2, 0.25) is 5.78 Å². The van der Waals surface area contributed by atoms with E-state index in [9.17, 15) is 14.4 Å². The average molecular weight is 436 g/mol. The number of aromatic nitrogens is 2. The molecule has 31 heavy (non-hydrogen) atoms. The Labute approximate surface area is 181 Å². The molecule has 8 heteroatoms. The van der Waals surface area contributed by atoms with Crippen LogP contribution in [0.2, 0.25) is 5.02 Å². The maximum atomic E-state index is 12.8. The topological polar surface area (TPSA) is 107 Å². The first-order valence-corrected chi connectivity index (χ1v) is 10.2. The van der Waals surface area contributed by atoms with Crippen LogP contribution in [0.4, 0.5) is 0 Å². The van der Waals surface area contributed by atoms with E-state index in [1.54, 1.807) is 47.2 Å². The Morgan fingerprint density at radius 1 is 1.13 bits per heavy atom. The highest BCUT2D eigenvalue weighted by atomic mass is 35.5.